The second kappa shape index (κ2) is 20.5. The van der Waals surface area contributed by atoms with Crippen LogP contribution >= 0.6 is 0 Å². The molecule has 0 aliphatic heterocycles. The fourth-order valence-corrected chi connectivity index (χ4v) is 2.08. The quantitative estimate of drug-likeness (QED) is 0.118. The minimum Gasteiger partial charge on any atom is -0.501 e. The Bertz CT molecular complexity index is 815. The van der Waals surface area contributed by atoms with Crippen LogP contribution in [-0.2, 0) is 14.3 Å². The van der Waals surface area contributed by atoms with Crippen LogP contribution in [0, 0.1) is 5.41 Å². The number of hydrogen-bond acceptors (Lipinski definition) is 7. The standard InChI is InChI=1S/C17H23N5O2.C7H10O/c1-4-9-21-22-12-11-19-14-15(13-18)17(23)20-10-7-6-8-16(5-2)24-3;1-8-7-5-3-2-4-6-7/h4-6,8-9,11-14,18H,1,7,10H2,2-3H3,(H,20,23);2-3,5H,4,6H2,1H3/b8-6-,15-14+,16-5+,18-13?,19-11+,21-9-,22-12+;. The van der Waals surface area contributed by atoms with Gasteiger partial charge < -0.3 is 20.2 Å². The van der Waals surface area contributed by atoms with E-state index in [1.54, 1.807) is 14.2 Å². The molecule has 32 heavy (non-hydrogen) atoms. The Morgan fingerprint density at radius 3 is 2.62 bits per heavy atom. The van der Waals surface area contributed by atoms with Crippen LogP contribution in [0.1, 0.15) is 26.2 Å². The summed E-state index contributed by atoms with van der Waals surface area (Å²) in [6, 6.07) is 0. The largest absolute Gasteiger partial charge is 0.501 e. The van der Waals surface area contributed by atoms with Crippen LogP contribution < -0.4 is 5.32 Å². The molecule has 0 bridgehead atoms. The molecule has 1 aliphatic carbocycles. The van der Waals surface area contributed by atoms with E-state index in [4.69, 9.17) is 14.9 Å². The lowest BCUT2D eigenvalue weighted by molar-refractivity contribution is -0.116. The van der Waals surface area contributed by atoms with Crippen molar-refractivity contribution < 1.29 is 14.3 Å². The van der Waals surface area contributed by atoms with Gasteiger partial charge in [0.15, 0.2) is 0 Å². The first-order chi connectivity index (χ1) is 15.6. The van der Waals surface area contributed by atoms with Crippen molar-refractivity contribution in [2.45, 2.75) is 26.2 Å². The molecular weight excluding hydrogens is 406 g/mol. The summed E-state index contributed by atoms with van der Waals surface area (Å²) in [5.41, 5.74) is 0.143. The lowest BCUT2D eigenvalue weighted by atomic mass is 10.2. The first kappa shape index (κ1) is 28.2. The van der Waals surface area contributed by atoms with Crippen molar-refractivity contribution in [3.63, 3.8) is 0 Å². The van der Waals surface area contributed by atoms with Crippen molar-refractivity contribution in [1.29, 1.82) is 5.41 Å². The minimum absolute atomic E-state index is 0.143. The molecule has 0 unspecified atom stereocenters. The molecule has 0 atom stereocenters. The van der Waals surface area contributed by atoms with Gasteiger partial charge in [0, 0.05) is 37.8 Å². The summed E-state index contributed by atoms with van der Waals surface area (Å²) >= 11 is 0. The Morgan fingerprint density at radius 2 is 2.06 bits per heavy atom. The maximum atomic E-state index is 11.9. The van der Waals surface area contributed by atoms with Crippen LogP contribution in [0.3, 0.4) is 0 Å². The summed E-state index contributed by atoms with van der Waals surface area (Å²) in [6.45, 7) is 5.78. The lowest BCUT2D eigenvalue weighted by Crippen LogP contribution is -2.26. The van der Waals surface area contributed by atoms with E-state index >= 15 is 0 Å². The van der Waals surface area contributed by atoms with E-state index in [9.17, 15) is 4.79 Å². The summed E-state index contributed by atoms with van der Waals surface area (Å²) in [6.07, 6.45) is 22.4. The Morgan fingerprint density at radius 1 is 1.28 bits per heavy atom. The Labute approximate surface area is 190 Å². The second-order valence-electron chi connectivity index (χ2n) is 5.94. The molecule has 0 radical (unpaired) electrons. The Balaban J connectivity index is 0.000000995. The Kier molecular flexibility index (Phi) is 18.0. The number of methoxy groups -OCH3 is 2. The zero-order valence-corrected chi connectivity index (χ0v) is 19.0. The predicted molar refractivity (Wildman–Crippen MR) is 134 cm³/mol. The van der Waals surface area contributed by atoms with E-state index in [2.05, 4.69) is 33.2 Å². The number of nitrogens with zero attached hydrogens (tertiary/aromatic N) is 3. The first-order valence-electron chi connectivity index (χ1n) is 10.1. The van der Waals surface area contributed by atoms with Gasteiger partial charge in [0.2, 0.25) is 0 Å². The van der Waals surface area contributed by atoms with Gasteiger partial charge in [-0.1, -0.05) is 24.8 Å². The van der Waals surface area contributed by atoms with E-state index in [0.717, 1.165) is 30.6 Å². The van der Waals surface area contributed by atoms with Crippen LogP contribution in [0.15, 0.2) is 87.6 Å². The van der Waals surface area contributed by atoms with E-state index in [1.807, 2.05) is 37.3 Å². The van der Waals surface area contributed by atoms with Gasteiger partial charge in [-0.15, -0.1) is 0 Å². The molecule has 0 saturated heterocycles. The molecule has 8 nitrogen and oxygen atoms in total. The highest BCUT2D eigenvalue weighted by molar-refractivity contribution is 6.17. The molecule has 0 aromatic heterocycles. The second-order valence-corrected chi connectivity index (χ2v) is 5.94. The third-order valence-electron chi connectivity index (χ3n) is 3.73. The molecule has 8 heteroatoms. The first-order valence-corrected chi connectivity index (χ1v) is 10.1. The van der Waals surface area contributed by atoms with Crippen LogP contribution in [0.5, 0.6) is 0 Å². The fourth-order valence-electron chi connectivity index (χ4n) is 2.08. The molecule has 1 amide bonds. The maximum absolute atomic E-state index is 11.9. The van der Waals surface area contributed by atoms with Gasteiger partial charge in [-0.25, -0.2) is 0 Å². The number of carbonyl (C=O) groups excluding carboxylic acids is 1. The topological polar surface area (TPSA) is 108 Å². The summed E-state index contributed by atoms with van der Waals surface area (Å²) in [5, 5.41) is 17.2. The van der Waals surface area contributed by atoms with Gasteiger partial charge in [0.05, 0.1) is 31.8 Å². The van der Waals surface area contributed by atoms with E-state index < -0.39 is 0 Å². The van der Waals surface area contributed by atoms with E-state index in [-0.39, 0.29) is 11.5 Å². The van der Waals surface area contributed by atoms with Gasteiger partial charge in [-0.2, -0.15) is 10.2 Å². The monoisotopic (exact) mass is 439 g/mol. The van der Waals surface area contributed by atoms with Crippen LogP contribution in [0.4, 0.5) is 0 Å². The predicted octanol–water partition coefficient (Wildman–Crippen LogP) is 4.31. The Hall–Kier alpha value is -3.81. The normalized spacial score (nSPS) is 14.4. The molecule has 0 aromatic rings. The zero-order valence-electron chi connectivity index (χ0n) is 19.0. The van der Waals surface area contributed by atoms with Crippen LogP contribution in [0.25, 0.3) is 0 Å². The van der Waals surface area contributed by atoms with Crippen LogP contribution in [0.2, 0.25) is 0 Å². The van der Waals surface area contributed by atoms with Crippen LogP contribution in [-0.4, -0.2) is 51.5 Å². The number of nitrogens with one attached hydrogen (secondary N) is 2. The van der Waals surface area contributed by atoms with E-state index in [1.165, 1.54) is 30.9 Å². The third kappa shape index (κ3) is 15.1. The van der Waals surface area contributed by atoms with Crippen molar-refractivity contribution in [3.8, 4) is 0 Å². The SMILES string of the molecule is C=C\C=N/N=C/C=N/C=C(\C=N)C(=O)NCC/C=C\C(=C/C)OC.COC1=CC=CCC1. The summed E-state index contributed by atoms with van der Waals surface area (Å²) in [7, 11) is 3.31. The van der Waals surface area contributed by atoms with Gasteiger partial charge in [0.25, 0.3) is 5.91 Å². The van der Waals surface area contributed by atoms with Crippen molar-refractivity contribution in [2.24, 2.45) is 15.2 Å². The highest BCUT2D eigenvalue weighted by Crippen LogP contribution is 2.10. The molecule has 0 aromatic carbocycles. The highest BCUT2D eigenvalue weighted by atomic mass is 16.5. The van der Waals surface area contributed by atoms with Gasteiger partial charge in [-0.3, -0.25) is 9.79 Å². The average Bonchev–Trinajstić information content (AvgIpc) is 2.84. The minimum atomic E-state index is -0.366. The van der Waals surface area contributed by atoms with Gasteiger partial charge in [-0.05, 0) is 44.1 Å². The molecule has 1 aliphatic rings. The maximum Gasteiger partial charge on any atom is 0.254 e. The average molecular weight is 440 g/mol. The van der Waals surface area contributed by atoms with Crippen molar-refractivity contribution in [3.05, 3.63) is 72.4 Å². The summed E-state index contributed by atoms with van der Waals surface area (Å²) in [5.74, 6) is 1.48. The number of hydrogen-bond donors (Lipinski definition) is 2. The number of rotatable bonds is 12. The van der Waals surface area contributed by atoms with Gasteiger partial charge >= 0.3 is 0 Å². The van der Waals surface area contributed by atoms with Crippen molar-refractivity contribution in [1.82, 2.24) is 5.32 Å². The summed E-state index contributed by atoms with van der Waals surface area (Å²) < 4.78 is 10.1. The molecule has 0 heterocycles. The molecule has 172 valence electrons. The van der Waals surface area contributed by atoms with Gasteiger partial charge in [0.1, 0.15) is 5.76 Å². The summed E-state index contributed by atoms with van der Waals surface area (Å²) in [4.78, 5) is 15.7. The third-order valence-corrected chi connectivity index (χ3v) is 3.73. The van der Waals surface area contributed by atoms with E-state index in [0.29, 0.717) is 13.0 Å². The smallest absolute Gasteiger partial charge is 0.254 e. The number of allylic oxidation sites excluding steroid dienone is 7. The molecular formula is C24H33N5O3. The lowest BCUT2D eigenvalue weighted by Gasteiger charge is -2.05. The number of ether oxygens (including phenoxy) is 2. The number of aliphatic imine (C=N–C) groups is 1. The van der Waals surface area contributed by atoms with Crippen molar-refractivity contribution >= 4 is 30.8 Å². The molecule has 0 spiro atoms. The van der Waals surface area contributed by atoms with Crippen molar-refractivity contribution in [2.75, 3.05) is 20.8 Å². The number of carbonyl (C=O) groups is 1. The molecule has 0 fully saturated rings. The fraction of sp³-hybridized carbons (Fsp3) is 0.292. The molecule has 2 N–H and O–H groups in total. The highest BCUT2D eigenvalue weighted by Gasteiger charge is 2.04. The molecule has 0 saturated carbocycles. The number of amides is 1. The zero-order chi connectivity index (χ0) is 23.9. The molecule has 1 rings (SSSR count).